The van der Waals surface area contributed by atoms with Gasteiger partial charge in [0.2, 0.25) is 0 Å². The van der Waals surface area contributed by atoms with Gasteiger partial charge in [-0.3, -0.25) is 10.1 Å². The zero-order valence-electron chi connectivity index (χ0n) is 9.67. The molecule has 0 bridgehead atoms. The van der Waals surface area contributed by atoms with E-state index >= 15 is 0 Å². The van der Waals surface area contributed by atoms with Gasteiger partial charge in [0.1, 0.15) is 0 Å². The Bertz CT molecular complexity index is 613. The summed E-state index contributed by atoms with van der Waals surface area (Å²) < 4.78 is 5.33. The first-order valence-corrected chi connectivity index (χ1v) is 6.06. The number of pyridine rings is 1. The van der Waals surface area contributed by atoms with Crippen LogP contribution in [0.5, 0.6) is 5.88 Å². The number of aromatic nitrogens is 3. The molecular formula is C12H12N4O2. The fraction of sp³-hybridized carbons (Fsp3) is 0.417. The molecule has 2 fully saturated rings. The van der Waals surface area contributed by atoms with E-state index in [1.54, 1.807) is 23.4 Å². The van der Waals surface area contributed by atoms with Gasteiger partial charge < -0.3 is 9.64 Å². The molecule has 2 aliphatic rings. The standard InChI is InChI=1S/C12H12N4O2/c17-12(16-5-7-3-8(7)6-16)18-11-9-4-13-2-1-10(9)14-15-11/h1-2,4,7-8H,3,5-6H2,(H,14,15). The zero-order valence-corrected chi connectivity index (χ0v) is 9.67. The van der Waals surface area contributed by atoms with E-state index in [4.69, 9.17) is 4.74 Å². The van der Waals surface area contributed by atoms with Gasteiger partial charge in [-0.1, -0.05) is 0 Å². The van der Waals surface area contributed by atoms with Crippen molar-refractivity contribution in [1.82, 2.24) is 20.1 Å². The molecule has 6 nitrogen and oxygen atoms in total. The summed E-state index contributed by atoms with van der Waals surface area (Å²) in [4.78, 5) is 17.7. The van der Waals surface area contributed by atoms with E-state index in [-0.39, 0.29) is 6.09 Å². The maximum absolute atomic E-state index is 12.0. The third-order valence-electron chi connectivity index (χ3n) is 3.75. The Balaban J connectivity index is 1.55. The predicted molar refractivity (Wildman–Crippen MR) is 63.1 cm³/mol. The molecule has 18 heavy (non-hydrogen) atoms. The Morgan fingerprint density at radius 1 is 1.44 bits per heavy atom. The van der Waals surface area contributed by atoms with Crippen LogP contribution in [0.3, 0.4) is 0 Å². The van der Waals surface area contributed by atoms with Gasteiger partial charge in [0.15, 0.2) is 0 Å². The van der Waals surface area contributed by atoms with Gasteiger partial charge in [0.05, 0.1) is 10.9 Å². The Hall–Kier alpha value is -2.11. The number of carbonyl (C=O) groups excluding carboxylic acids is 1. The second-order valence-corrected chi connectivity index (χ2v) is 4.98. The predicted octanol–water partition coefficient (Wildman–Crippen LogP) is 1.41. The van der Waals surface area contributed by atoms with E-state index in [2.05, 4.69) is 15.2 Å². The van der Waals surface area contributed by atoms with Crippen molar-refractivity contribution < 1.29 is 9.53 Å². The largest absolute Gasteiger partial charge is 0.416 e. The molecule has 0 spiro atoms. The number of ether oxygens (including phenoxy) is 1. The number of likely N-dealkylation sites (tertiary alicyclic amines) is 1. The van der Waals surface area contributed by atoms with E-state index in [0.717, 1.165) is 24.0 Å². The first-order valence-electron chi connectivity index (χ1n) is 6.06. The summed E-state index contributed by atoms with van der Waals surface area (Å²) in [5, 5.41) is 7.55. The summed E-state index contributed by atoms with van der Waals surface area (Å²) in [6.07, 6.45) is 4.27. The van der Waals surface area contributed by atoms with Gasteiger partial charge >= 0.3 is 6.09 Å². The number of amides is 1. The van der Waals surface area contributed by atoms with Crippen LogP contribution in [0.25, 0.3) is 10.9 Å². The molecule has 3 heterocycles. The van der Waals surface area contributed by atoms with Crippen LogP contribution in [0.15, 0.2) is 18.5 Å². The van der Waals surface area contributed by atoms with Gasteiger partial charge in [-0.25, -0.2) is 4.79 Å². The number of nitrogens with one attached hydrogen (secondary N) is 1. The number of hydrogen-bond acceptors (Lipinski definition) is 4. The number of nitrogens with zero attached hydrogens (tertiary/aromatic N) is 3. The van der Waals surface area contributed by atoms with Crippen LogP contribution in [0.4, 0.5) is 4.79 Å². The molecule has 1 amide bonds. The van der Waals surface area contributed by atoms with E-state index in [1.807, 2.05) is 0 Å². The van der Waals surface area contributed by atoms with E-state index in [1.165, 1.54) is 6.42 Å². The summed E-state index contributed by atoms with van der Waals surface area (Å²) in [5.74, 6) is 1.72. The van der Waals surface area contributed by atoms with Crippen molar-refractivity contribution in [3.63, 3.8) is 0 Å². The summed E-state index contributed by atoms with van der Waals surface area (Å²) in [6, 6.07) is 1.80. The number of piperidine rings is 1. The molecule has 1 aliphatic heterocycles. The number of H-pyrrole nitrogens is 1. The minimum atomic E-state index is -0.306. The lowest BCUT2D eigenvalue weighted by atomic mass is 10.3. The minimum absolute atomic E-state index is 0.306. The molecule has 1 saturated heterocycles. The van der Waals surface area contributed by atoms with Crippen LogP contribution in [0, 0.1) is 11.8 Å². The Kier molecular flexibility index (Phi) is 1.89. The van der Waals surface area contributed by atoms with Crippen molar-refractivity contribution in [3.8, 4) is 5.88 Å². The molecule has 2 unspecified atom stereocenters. The fourth-order valence-electron chi connectivity index (χ4n) is 2.61. The molecule has 2 aromatic rings. The highest BCUT2D eigenvalue weighted by Gasteiger charge is 2.47. The highest BCUT2D eigenvalue weighted by Crippen LogP contribution is 2.45. The summed E-state index contributed by atoms with van der Waals surface area (Å²) >= 11 is 0. The maximum atomic E-state index is 12.0. The second-order valence-electron chi connectivity index (χ2n) is 4.98. The van der Waals surface area contributed by atoms with Crippen molar-refractivity contribution >= 4 is 17.0 Å². The van der Waals surface area contributed by atoms with Gasteiger partial charge in [-0.15, -0.1) is 5.10 Å². The molecule has 1 N–H and O–H groups in total. The number of hydrogen-bond donors (Lipinski definition) is 1. The van der Waals surface area contributed by atoms with Crippen LogP contribution in [-0.4, -0.2) is 39.3 Å². The van der Waals surface area contributed by atoms with Crippen LogP contribution in [0.2, 0.25) is 0 Å². The lowest BCUT2D eigenvalue weighted by Crippen LogP contribution is -2.33. The van der Waals surface area contributed by atoms with Crippen LogP contribution in [-0.2, 0) is 0 Å². The number of carbonyl (C=O) groups is 1. The first kappa shape index (κ1) is 9.87. The number of aromatic amines is 1. The minimum Gasteiger partial charge on any atom is -0.389 e. The van der Waals surface area contributed by atoms with Gasteiger partial charge in [-0.05, 0) is 24.3 Å². The quantitative estimate of drug-likeness (QED) is 0.823. The SMILES string of the molecule is O=C(Oc1n[nH]c2ccncc12)N1CC2CC2C1. The van der Waals surface area contributed by atoms with Gasteiger partial charge in [0.25, 0.3) is 5.88 Å². The molecule has 2 atom stereocenters. The molecule has 1 aliphatic carbocycles. The average Bonchev–Trinajstić information content (AvgIpc) is 2.84. The van der Waals surface area contributed by atoms with E-state index in [0.29, 0.717) is 17.7 Å². The maximum Gasteiger partial charge on any atom is 0.416 e. The lowest BCUT2D eigenvalue weighted by Gasteiger charge is -2.16. The third kappa shape index (κ3) is 1.45. The Morgan fingerprint density at radius 2 is 2.28 bits per heavy atom. The Labute approximate surface area is 103 Å². The molecule has 0 aromatic carbocycles. The zero-order chi connectivity index (χ0) is 12.1. The molecule has 0 radical (unpaired) electrons. The second kappa shape index (κ2) is 3.44. The van der Waals surface area contributed by atoms with Crippen molar-refractivity contribution in [3.05, 3.63) is 18.5 Å². The topological polar surface area (TPSA) is 71.1 Å². The van der Waals surface area contributed by atoms with E-state index < -0.39 is 0 Å². The molecular weight excluding hydrogens is 232 g/mol. The van der Waals surface area contributed by atoms with Crippen LogP contribution < -0.4 is 4.74 Å². The molecule has 92 valence electrons. The average molecular weight is 244 g/mol. The monoisotopic (exact) mass is 244 g/mol. The summed E-state index contributed by atoms with van der Waals surface area (Å²) in [7, 11) is 0. The van der Waals surface area contributed by atoms with Gasteiger partial charge in [0, 0.05) is 25.5 Å². The first-order chi connectivity index (χ1) is 8.81. The number of rotatable bonds is 1. The van der Waals surface area contributed by atoms with Crippen molar-refractivity contribution in [1.29, 1.82) is 0 Å². The van der Waals surface area contributed by atoms with E-state index in [9.17, 15) is 4.79 Å². The van der Waals surface area contributed by atoms with Crippen LogP contribution in [0.1, 0.15) is 6.42 Å². The smallest absolute Gasteiger partial charge is 0.389 e. The fourth-order valence-corrected chi connectivity index (χ4v) is 2.61. The summed E-state index contributed by atoms with van der Waals surface area (Å²) in [6.45, 7) is 1.65. The molecule has 2 aromatic heterocycles. The lowest BCUT2D eigenvalue weighted by molar-refractivity contribution is 0.156. The van der Waals surface area contributed by atoms with Gasteiger partial charge in [-0.2, -0.15) is 0 Å². The molecule has 4 rings (SSSR count). The highest BCUT2D eigenvalue weighted by atomic mass is 16.6. The summed E-state index contributed by atoms with van der Waals surface area (Å²) in [5.41, 5.74) is 0.817. The van der Waals surface area contributed by atoms with Crippen LogP contribution >= 0.6 is 0 Å². The number of fused-ring (bicyclic) bond motifs is 2. The highest BCUT2D eigenvalue weighted by molar-refractivity contribution is 5.85. The third-order valence-corrected chi connectivity index (χ3v) is 3.75. The Morgan fingerprint density at radius 3 is 3.11 bits per heavy atom. The molecule has 1 saturated carbocycles. The normalized spacial score (nSPS) is 25.2. The molecule has 6 heteroatoms. The van der Waals surface area contributed by atoms with Crippen molar-refractivity contribution in [2.45, 2.75) is 6.42 Å². The van der Waals surface area contributed by atoms with Crippen molar-refractivity contribution in [2.75, 3.05) is 13.1 Å². The van der Waals surface area contributed by atoms with Crippen molar-refractivity contribution in [2.24, 2.45) is 11.8 Å².